The van der Waals surface area contributed by atoms with Gasteiger partial charge in [-0.1, -0.05) is 69.0 Å². The molecule has 142 valence electrons. The summed E-state index contributed by atoms with van der Waals surface area (Å²) >= 11 is 0. The fourth-order valence-electron chi connectivity index (χ4n) is 4.58. The van der Waals surface area contributed by atoms with E-state index in [2.05, 4.69) is 96.7 Å². The summed E-state index contributed by atoms with van der Waals surface area (Å²) in [5.41, 5.74) is 8.31. The fourth-order valence-corrected chi connectivity index (χ4v) is 4.58. The van der Waals surface area contributed by atoms with Gasteiger partial charge in [-0.3, -0.25) is 4.98 Å². The molecule has 1 aliphatic rings. The number of fused-ring (bicyclic) bond motifs is 4. The minimum absolute atomic E-state index is 0.179. The second kappa shape index (κ2) is 6.59. The molecule has 0 atom stereocenters. The normalized spacial score (nSPS) is 16.4. The van der Waals surface area contributed by atoms with E-state index in [1.165, 1.54) is 33.3 Å². The lowest BCUT2D eigenvalue weighted by Gasteiger charge is -2.30. The van der Waals surface area contributed by atoms with E-state index in [4.69, 9.17) is 0 Å². The third-order valence-corrected chi connectivity index (χ3v) is 6.18. The van der Waals surface area contributed by atoms with Gasteiger partial charge in [0.1, 0.15) is 0 Å². The van der Waals surface area contributed by atoms with Gasteiger partial charge in [-0.25, -0.2) is 0 Å². The highest BCUT2D eigenvalue weighted by molar-refractivity contribution is 6.00. The van der Waals surface area contributed by atoms with Gasteiger partial charge < -0.3 is 4.57 Å². The van der Waals surface area contributed by atoms with Gasteiger partial charge in [0.15, 0.2) is 0 Å². The maximum Gasteiger partial charge on any atom is 0.0645 e. The van der Waals surface area contributed by atoms with Crippen LogP contribution in [0, 0.1) is 0 Å². The fraction of sp³-hybridized carbons (Fsp3) is 0.148. The Morgan fingerprint density at radius 1 is 0.966 bits per heavy atom. The number of nitrogens with zero attached hydrogens (tertiary/aromatic N) is 2. The SMILES string of the molecule is C=C1c2c(n(-c3cccnc3)c3ccccc23)/C=C\Cc2ccccc2C1(C)C. The van der Waals surface area contributed by atoms with Crippen LogP contribution in [0.1, 0.15) is 36.2 Å². The van der Waals surface area contributed by atoms with Crippen molar-refractivity contribution in [3.63, 3.8) is 0 Å². The lowest BCUT2D eigenvalue weighted by molar-refractivity contribution is 0.686. The number of allylic oxidation sites excluding steroid dienone is 2. The van der Waals surface area contributed by atoms with Gasteiger partial charge in [-0.05, 0) is 47.4 Å². The summed E-state index contributed by atoms with van der Waals surface area (Å²) < 4.78 is 2.31. The molecule has 0 spiro atoms. The molecule has 0 unspecified atom stereocenters. The summed E-state index contributed by atoms with van der Waals surface area (Å²) in [4.78, 5) is 4.37. The van der Waals surface area contributed by atoms with Crippen LogP contribution < -0.4 is 0 Å². The van der Waals surface area contributed by atoms with Crippen LogP contribution in [0.15, 0.2) is 85.7 Å². The van der Waals surface area contributed by atoms with Gasteiger partial charge >= 0.3 is 0 Å². The first-order valence-electron chi connectivity index (χ1n) is 10.1. The van der Waals surface area contributed by atoms with Crippen LogP contribution in [0.2, 0.25) is 0 Å². The summed E-state index contributed by atoms with van der Waals surface area (Å²) in [6.07, 6.45) is 9.18. The van der Waals surface area contributed by atoms with Crippen molar-refractivity contribution in [2.75, 3.05) is 0 Å². The zero-order chi connectivity index (χ0) is 20.0. The number of hydrogen-bond donors (Lipinski definition) is 0. The number of para-hydroxylation sites is 1. The summed E-state index contributed by atoms with van der Waals surface area (Å²) in [5, 5.41) is 1.23. The molecule has 0 saturated carbocycles. The van der Waals surface area contributed by atoms with E-state index < -0.39 is 0 Å². The lowest BCUT2D eigenvalue weighted by atomic mass is 9.73. The minimum atomic E-state index is -0.179. The molecule has 0 fully saturated rings. The van der Waals surface area contributed by atoms with Crippen LogP contribution >= 0.6 is 0 Å². The first-order chi connectivity index (χ1) is 14.1. The summed E-state index contributed by atoms with van der Waals surface area (Å²) in [7, 11) is 0. The molecule has 5 rings (SSSR count). The van der Waals surface area contributed by atoms with Gasteiger partial charge in [-0.15, -0.1) is 0 Å². The highest BCUT2D eigenvalue weighted by Gasteiger charge is 2.32. The Hall–Kier alpha value is -3.39. The quantitative estimate of drug-likeness (QED) is 0.367. The van der Waals surface area contributed by atoms with E-state index in [1.54, 1.807) is 0 Å². The molecule has 4 aromatic rings. The maximum atomic E-state index is 4.64. The van der Waals surface area contributed by atoms with Crippen molar-refractivity contribution >= 4 is 22.6 Å². The van der Waals surface area contributed by atoms with Crippen LogP contribution in [-0.2, 0) is 11.8 Å². The van der Waals surface area contributed by atoms with E-state index in [-0.39, 0.29) is 5.41 Å². The maximum absolute atomic E-state index is 4.64. The Morgan fingerprint density at radius 3 is 2.59 bits per heavy atom. The Kier molecular flexibility index (Phi) is 4.02. The van der Waals surface area contributed by atoms with Gasteiger partial charge in [-0.2, -0.15) is 0 Å². The van der Waals surface area contributed by atoms with Crippen molar-refractivity contribution in [1.29, 1.82) is 0 Å². The molecular formula is C27H24N2. The number of aromatic nitrogens is 2. The third kappa shape index (κ3) is 2.67. The van der Waals surface area contributed by atoms with Gasteiger partial charge in [0.05, 0.1) is 23.1 Å². The van der Waals surface area contributed by atoms with Crippen LogP contribution in [0.25, 0.3) is 28.2 Å². The molecule has 0 saturated heterocycles. The molecule has 2 heteroatoms. The van der Waals surface area contributed by atoms with Crippen LogP contribution in [0.5, 0.6) is 0 Å². The van der Waals surface area contributed by atoms with E-state index in [0.29, 0.717) is 0 Å². The molecule has 0 radical (unpaired) electrons. The van der Waals surface area contributed by atoms with E-state index >= 15 is 0 Å². The van der Waals surface area contributed by atoms with Gasteiger partial charge in [0.2, 0.25) is 0 Å². The van der Waals surface area contributed by atoms with Gasteiger partial charge in [0.25, 0.3) is 0 Å². The van der Waals surface area contributed by atoms with Crippen molar-refractivity contribution in [2.24, 2.45) is 0 Å². The molecule has 2 nitrogen and oxygen atoms in total. The Bertz CT molecular complexity index is 1260. The van der Waals surface area contributed by atoms with Crippen molar-refractivity contribution in [1.82, 2.24) is 9.55 Å². The lowest BCUT2D eigenvalue weighted by Crippen LogP contribution is -2.21. The number of pyridine rings is 1. The zero-order valence-corrected chi connectivity index (χ0v) is 16.9. The summed E-state index contributed by atoms with van der Waals surface area (Å²) in [6, 6.07) is 21.5. The molecule has 0 aliphatic heterocycles. The molecule has 2 aromatic carbocycles. The highest BCUT2D eigenvalue weighted by atomic mass is 15.0. The van der Waals surface area contributed by atoms with Gasteiger partial charge in [0, 0.05) is 22.6 Å². The van der Waals surface area contributed by atoms with Crippen molar-refractivity contribution in [3.05, 3.63) is 108 Å². The first kappa shape index (κ1) is 17.7. The second-order valence-electron chi connectivity index (χ2n) is 8.19. The Balaban J connectivity index is 1.88. The van der Waals surface area contributed by atoms with Crippen molar-refractivity contribution in [3.8, 4) is 5.69 Å². The smallest absolute Gasteiger partial charge is 0.0645 e. The van der Waals surface area contributed by atoms with Crippen molar-refractivity contribution < 1.29 is 0 Å². The van der Waals surface area contributed by atoms with E-state index in [9.17, 15) is 0 Å². The summed E-state index contributed by atoms with van der Waals surface area (Å²) in [5.74, 6) is 0. The third-order valence-electron chi connectivity index (χ3n) is 6.18. The monoisotopic (exact) mass is 376 g/mol. The molecule has 1 aliphatic carbocycles. The van der Waals surface area contributed by atoms with Crippen LogP contribution in [0.4, 0.5) is 0 Å². The zero-order valence-electron chi connectivity index (χ0n) is 16.9. The average Bonchev–Trinajstić information content (AvgIpc) is 3.08. The molecular weight excluding hydrogens is 352 g/mol. The predicted octanol–water partition coefficient (Wildman–Crippen LogP) is 6.59. The number of rotatable bonds is 1. The van der Waals surface area contributed by atoms with Crippen LogP contribution in [0.3, 0.4) is 0 Å². The topological polar surface area (TPSA) is 17.8 Å². The van der Waals surface area contributed by atoms with Crippen LogP contribution in [-0.4, -0.2) is 9.55 Å². The Labute approximate surface area is 171 Å². The highest BCUT2D eigenvalue weighted by Crippen LogP contribution is 2.45. The molecule has 0 bridgehead atoms. The molecule has 2 aromatic heterocycles. The largest absolute Gasteiger partial charge is 0.308 e. The first-order valence-corrected chi connectivity index (χ1v) is 10.1. The number of benzene rings is 2. The standard InChI is InChI=1S/C27H24N2/c1-19-26-22-13-5-7-15-24(22)29(21-12-9-17-28-18-21)25(26)16-8-11-20-10-4-6-14-23(20)27(19,2)3/h4-10,12-18H,1,11H2,2-3H3/b16-8-. The van der Waals surface area contributed by atoms with E-state index in [1.807, 2.05) is 18.5 Å². The predicted molar refractivity (Wildman–Crippen MR) is 122 cm³/mol. The molecule has 0 N–H and O–H groups in total. The molecule has 2 heterocycles. The second-order valence-corrected chi connectivity index (χ2v) is 8.19. The van der Waals surface area contributed by atoms with E-state index in [0.717, 1.165) is 17.7 Å². The van der Waals surface area contributed by atoms with Crippen molar-refractivity contribution in [2.45, 2.75) is 25.7 Å². The molecule has 29 heavy (non-hydrogen) atoms. The average molecular weight is 377 g/mol. The number of hydrogen-bond acceptors (Lipinski definition) is 1. The Morgan fingerprint density at radius 2 is 1.76 bits per heavy atom. The molecule has 0 amide bonds. The minimum Gasteiger partial charge on any atom is -0.308 e. The summed E-state index contributed by atoms with van der Waals surface area (Å²) in [6.45, 7) is 9.23.